The van der Waals surface area contributed by atoms with E-state index in [0.717, 1.165) is 6.42 Å². The highest BCUT2D eigenvalue weighted by Gasteiger charge is 1.96. The first-order valence-corrected chi connectivity index (χ1v) is 3.26. The van der Waals surface area contributed by atoms with Gasteiger partial charge in [0, 0.05) is 0 Å². The Labute approximate surface area is 61.4 Å². The first kappa shape index (κ1) is 8.72. The van der Waals surface area contributed by atoms with Crippen LogP contribution in [0.15, 0.2) is 11.6 Å². The van der Waals surface area contributed by atoms with Crippen LogP contribution in [0.2, 0.25) is 0 Å². The molecule has 0 bridgehead atoms. The molecule has 2 heteroatoms. The van der Waals surface area contributed by atoms with Gasteiger partial charge in [0.2, 0.25) is 0 Å². The molecule has 0 heterocycles. The predicted octanol–water partition coefficient (Wildman–Crippen LogP) is 2.01. The minimum absolute atomic E-state index is 0.217. The van der Waals surface area contributed by atoms with Crippen molar-refractivity contribution < 1.29 is 0 Å². The zero-order chi connectivity index (χ0) is 7.98. The summed E-state index contributed by atoms with van der Waals surface area (Å²) >= 11 is 0. The highest BCUT2D eigenvalue weighted by atomic mass is 14.3. The topological polar surface area (TPSA) is 47.6 Å². The van der Waals surface area contributed by atoms with Crippen LogP contribution < -0.4 is 0 Å². The molecule has 0 rings (SSSR count). The minimum atomic E-state index is 0.217. The Morgan fingerprint density at radius 1 is 1.50 bits per heavy atom. The lowest BCUT2D eigenvalue weighted by Crippen LogP contribution is -1.86. The summed E-state index contributed by atoms with van der Waals surface area (Å²) < 4.78 is 0. The molecule has 0 saturated carbocycles. The molecule has 0 aliphatic heterocycles. The number of hydrogen-bond donors (Lipinski definition) is 0. The Balaban J connectivity index is 4.18. The quantitative estimate of drug-likeness (QED) is 0.542. The van der Waals surface area contributed by atoms with Crippen LogP contribution in [0.25, 0.3) is 0 Å². The summed E-state index contributed by atoms with van der Waals surface area (Å²) in [6.07, 6.45) is 2.66. The van der Waals surface area contributed by atoms with Gasteiger partial charge in [0.1, 0.15) is 17.7 Å². The molecule has 0 fully saturated rings. The summed E-state index contributed by atoms with van der Waals surface area (Å²) in [6, 6.07) is 3.63. The lowest BCUT2D eigenvalue weighted by atomic mass is 10.1. The van der Waals surface area contributed by atoms with Crippen molar-refractivity contribution in [3.63, 3.8) is 0 Å². The first-order chi connectivity index (χ1) is 4.74. The van der Waals surface area contributed by atoms with E-state index in [4.69, 9.17) is 10.5 Å². The van der Waals surface area contributed by atoms with Crippen molar-refractivity contribution in [2.75, 3.05) is 0 Å². The molecule has 0 aromatic heterocycles. The van der Waals surface area contributed by atoms with E-state index in [9.17, 15) is 0 Å². The van der Waals surface area contributed by atoms with E-state index in [2.05, 4.69) is 0 Å². The zero-order valence-electron chi connectivity index (χ0n) is 6.26. The van der Waals surface area contributed by atoms with Gasteiger partial charge in [-0.3, -0.25) is 0 Å². The van der Waals surface area contributed by atoms with Gasteiger partial charge >= 0.3 is 0 Å². The lowest BCUT2D eigenvalue weighted by Gasteiger charge is -1.97. The number of nitriles is 2. The van der Waals surface area contributed by atoms with Crippen molar-refractivity contribution >= 4 is 0 Å². The number of rotatable bonds is 2. The number of allylic oxidation sites excluding steroid dienone is 2. The Hall–Kier alpha value is -1.28. The fourth-order valence-corrected chi connectivity index (χ4v) is 0.502. The summed E-state index contributed by atoms with van der Waals surface area (Å²) in [6.45, 7) is 4.00. The molecule has 0 N–H and O–H groups in total. The van der Waals surface area contributed by atoms with Crippen LogP contribution in [0.3, 0.4) is 0 Å². The third-order valence-electron chi connectivity index (χ3n) is 1.34. The molecule has 1 atom stereocenters. The summed E-state index contributed by atoms with van der Waals surface area (Å²) in [5.41, 5.74) is 0.217. The highest BCUT2D eigenvalue weighted by Crippen LogP contribution is 2.05. The Morgan fingerprint density at radius 3 is 2.30 bits per heavy atom. The second kappa shape index (κ2) is 4.58. The third-order valence-corrected chi connectivity index (χ3v) is 1.34. The zero-order valence-corrected chi connectivity index (χ0v) is 6.26. The smallest absolute Gasteiger partial charge is 0.125 e. The molecular weight excluding hydrogens is 124 g/mol. The predicted molar refractivity (Wildman–Crippen MR) is 38.8 cm³/mol. The molecule has 0 aromatic rings. The molecule has 2 nitrogen and oxygen atoms in total. The van der Waals surface area contributed by atoms with E-state index in [0.29, 0.717) is 5.92 Å². The molecule has 0 aliphatic carbocycles. The molecule has 0 amide bonds. The van der Waals surface area contributed by atoms with Gasteiger partial charge in [0.05, 0.1) is 0 Å². The molecule has 0 radical (unpaired) electrons. The fourth-order valence-electron chi connectivity index (χ4n) is 0.502. The van der Waals surface area contributed by atoms with Crippen molar-refractivity contribution in [2.45, 2.75) is 20.3 Å². The van der Waals surface area contributed by atoms with Crippen molar-refractivity contribution in [1.82, 2.24) is 0 Å². The van der Waals surface area contributed by atoms with Gasteiger partial charge in [-0.05, 0) is 5.92 Å². The van der Waals surface area contributed by atoms with Gasteiger partial charge in [0.15, 0.2) is 0 Å². The maximum absolute atomic E-state index is 8.33. The van der Waals surface area contributed by atoms with E-state index in [1.165, 1.54) is 0 Å². The first-order valence-electron chi connectivity index (χ1n) is 3.26. The molecule has 0 aromatic carbocycles. The minimum Gasteiger partial charge on any atom is -0.192 e. The van der Waals surface area contributed by atoms with Crippen LogP contribution in [0.5, 0.6) is 0 Å². The summed E-state index contributed by atoms with van der Waals surface area (Å²) in [4.78, 5) is 0. The molecule has 0 unspecified atom stereocenters. The van der Waals surface area contributed by atoms with Gasteiger partial charge in [-0.25, -0.2) is 0 Å². The second-order valence-electron chi connectivity index (χ2n) is 2.19. The molecule has 10 heavy (non-hydrogen) atoms. The van der Waals surface area contributed by atoms with Gasteiger partial charge in [-0.1, -0.05) is 26.3 Å². The Kier molecular flexibility index (Phi) is 4.00. The van der Waals surface area contributed by atoms with E-state index in [-0.39, 0.29) is 5.57 Å². The average molecular weight is 134 g/mol. The largest absolute Gasteiger partial charge is 0.192 e. The number of hydrogen-bond acceptors (Lipinski definition) is 2. The van der Waals surface area contributed by atoms with Crippen LogP contribution in [-0.2, 0) is 0 Å². The standard InChI is InChI=1S/C8H10N2/c1-3-7(2)4-8(5-9)6-10/h4,7H,3H2,1-2H3/t7-/m1/s1. The van der Waals surface area contributed by atoms with Crippen LogP contribution in [0.1, 0.15) is 20.3 Å². The van der Waals surface area contributed by atoms with Gasteiger partial charge < -0.3 is 0 Å². The van der Waals surface area contributed by atoms with Crippen molar-refractivity contribution in [3.05, 3.63) is 11.6 Å². The normalized spacial score (nSPS) is 10.8. The van der Waals surface area contributed by atoms with Crippen LogP contribution in [0.4, 0.5) is 0 Å². The summed E-state index contributed by atoms with van der Waals surface area (Å²) in [7, 11) is 0. The van der Waals surface area contributed by atoms with Crippen LogP contribution in [0, 0.1) is 28.6 Å². The van der Waals surface area contributed by atoms with Gasteiger partial charge in [0.25, 0.3) is 0 Å². The maximum atomic E-state index is 8.33. The second-order valence-corrected chi connectivity index (χ2v) is 2.19. The Morgan fingerprint density at radius 2 is 2.00 bits per heavy atom. The lowest BCUT2D eigenvalue weighted by molar-refractivity contribution is 0.696. The molecule has 0 saturated heterocycles. The fraction of sp³-hybridized carbons (Fsp3) is 0.500. The van der Waals surface area contributed by atoms with Crippen molar-refractivity contribution in [2.24, 2.45) is 5.92 Å². The molecule has 0 aliphatic rings. The average Bonchev–Trinajstić information content (AvgIpc) is 1.99. The van der Waals surface area contributed by atoms with Crippen LogP contribution in [-0.4, -0.2) is 0 Å². The summed E-state index contributed by atoms with van der Waals surface area (Å²) in [5.74, 6) is 0.328. The van der Waals surface area contributed by atoms with E-state index in [1.807, 2.05) is 26.0 Å². The summed E-state index contributed by atoms with van der Waals surface area (Å²) in [5, 5.41) is 16.7. The third kappa shape index (κ3) is 2.89. The number of nitrogens with zero attached hydrogens (tertiary/aromatic N) is 2. The van der Waals surface area contributed by atoms with E-state index < -0.39 is 0 Å². The molecule has 52 valence electrons. The highest BCUT2D eigenvalue weighted by molar-refractivity contribution is 5.35. The van der Waals surface area contributed by atoms with Crippen molar-refractivity contribution in [1.29, 1.82) is 10.5 Å². The Bertz CT molecular complexity index is 186. The van der Waals surface area contributed by atoms with E-state index >= 15 is 0 Å². The van der Waals surface area contributed by atoms with Gasteiger partial charge in [-0.15, -0.1) is 0 Å². The molecule has 0 spiro atoms. The van der Waals surface area contributed by atoms with Crippen molar-refractivity contribution in [3.8, 4) is 12.1 Å². The SMILES string of the molecule is CC[C@@H](C)C=C(C#N)C#N. The van der Waals surface area contributed by atoms with Gasteiger partial charge in [-0.2, -0.15) is 10.5 Å². The monoisotopic (exact) mass is 134 g/mol. The van der Waals surface area contributed by atoms with Crippen LogP contribution >= 0.6 is 0 Å². The van der Waals surface area contributed by atoms with E-state index in [1.54, 1.807) is 6.08 Å². The molecular formula is C8H10N2. The maximum Gasteiger partial charge on any atom is 0.125 e.